The number of nitro benzene ring substituents is 1. The molecule has 0 heterocycles. The summed E-state index contributed by atoms with van der Waals surface area (Å²) >= 11 is 11.7. The number of carbonyl (C=O) groups is 2. The van der Waals surface area contributed by atoms with Gasteiger partial charge in [-0.05, 0) is 30.7 Å². The van der Waals surface area contributed by atoms with Crippen LogP contribution < -0.4 is 5.32 Å². The first-order chi connectivity index (χ1) is 12.3. The lowest BCUT2D eigenvalue weighted by Gasteiger charge is -2.08. The lowest BCUT2D eigenvalue weighted by Crippen LogP contribution is -2.21. The first-order valence-electron chi connectivity index (χ1n) is 7.40. The summed E-state index contributed by atoms with van der Waals surface area (Å²) in [7, 11) is 0. The van der Waals surface area contributed by atoms with Gasteiger partial charge in [0.2, 0.25) is 0 Å². The molecule has 0 unspecified atom stereocenters. The second kappa shape index (κ2) is 8.64. The van der Waals surface area contributed by atoms with Crippen LogP contribution in [0.4, 0.5) is 11.4 Å². The van der Waals surface area contributed by atoms with Crippen LogP contribution in [0.3, 0.4) is 0 Å². The third-order valence-electron chi connectivity index (χ3n) is 3.40. The number of ether oxygens (including phenoxy) is 1. The molecule has 0 aromatic heterocycles. The summed E-state index contributed by atoms with van der Waals surface area (Å²) in [6.45, 7) is 1.07. The van der Waals surface area contributed by atoms with Crippen molar-refractivity contribution in [2.75, 3.05) is 11.9 Å². The van der Waals surface area contributed by atoms with Crippen molar-refractivity contribution in [3.63, 3.8) is 0 Å². The zero-order valence-corrected chi connectivity index (χ0v) is 15.1. The van der Waals surface area contributed by atoms with Gasteiger partial charge in [-0.15, -0.1) is 0 Å². The van der Waals surface area contributed by atoms with Gasteiger partial charge in [0, 0.05) is 27.4 Å². The number of nitrogens with zero attached hydrogens (tertiary/aromatic N) is 1. The van der Waals surface area contributed by atoms with Crippen LogP contribution in [0.2, 0.25) is 10.0 Å². The first kappa shape index (κ1) is 19.7. The summed E-state index contributed by atoms with van der Waals surface area (Å²) in [6, 6.07) is 8.97. The molecule has 0 bridgehead atoms. The quantitative estimate of drug-likeness (QED) is 0.452. The highest BCUT2D eigenvalue weighted by molar-refractivity contribution is 6.35. The second-order valence-corrected chi connectivity index (χ2v) is 6.22. The Labute approximate surface area is 159 Å². The average Bonchev–Trinajstić information content (AvgIpc) is 2.57. The van der Waals surface area contributed by atoms with E-state index in [4.69, 9.17) is 27.9 Å². The number of esters is 1. The van der Waals surface area contributed by atoms with Gasteiger partial charge < -0.3 is 10.1 Å². The molecule has 136 valence electrons. The van der Waals surface area contributed by atoms with Gasteiger partial charge in [-0.1, -0.05) is 35.3 Å². The highest BCUT2D eigenvalue weighted by atomic mass is 35.5. The largest absolute Gasteiger partial charge is 0.455 e. The molecule has 0 fully saturated rings. The summed E-state index contributed by atoms with van der Waals surface area (Å²) in [6.07, 6.45) is -0.112. The molecule has 0 saturated heterocycles. The molecule has 0 atom stereocenters. The van der Waals surface area contributed by atoms with Gasteiger partial charge in [0.05, 0.1) is 11.3 Å². The molecule has 1 N–H and O–H groups in total. The fourth-order valence-corrected chi connectivity index (χ4v) is 2.57. The van der Waals surface area contributed by atoms with Crippen molar-refractivity contribution in [2.45, 2.75) is 13.3 Å². The average molecular weight is 397 g/mol. The fraction of sp³-hybridized carbons (Fsp3) is 0.176. The minimum absolute atomic E-state index is 0.112. The van der Waals surface area contributed by atoms with E-state index in [0.717, 1.165) is 0 Å². The van der Waals surface area contributed by atoms with Gasteiger partial charge in [-0.2, -0.15) is 0 Å². The number of amides is 1. The van der Waals surface area contributed by atoms with Crippen LogP contribution in [-0.2, 0) is 20.7 Å². The van der Waals surface area contributed by atoms with Crippen LogP contribution >= 0.6 is 23.2 Å². The van der Waals surface area contributed by atoms with Crippen LogP contribution in [-0.4, -0.2) is 23.4 Å². The maximum absolute atomic E-state index is 11.8. The van der Waals surface area contributed by atoms with Crippen LogP contribution in [0, 0.1) is 17.0 Å². The third-order valence-corrected chi connectivity index (χ3v) is 3.99. The van der Waals surface area contributed by atoms with Gasteiger partial charge in [-0.25, -0.2) is 0 Å². The Morgan fingerprint density at radius 2 is 1.92 bits per heavy atom. The minimum Gasteiger partial charge on any atom is -0.455 e. The maximum Gasteiger partial charge on any atom is 0.310 e. The lowest BCUT2D eigenvalue weighted by atomic mass is 10.1. The summed E-state index contributed by atoms with van der Waals surface area (Å²) in [5, 5.41) is 14.1. The molecule has 2 rings (SSSR count). The van der Waals surface area contributed by atoms with Crippen LogP contribution in [0.1, 0.15) is 11.1 Å². The molecule has 9 heteroatoms. The van der Waals surface area contributed by atoms with E-state index in [1.807, 2.05) is 0 Å². The molecule has 2 aromatic rings. The number of benzene rings is 2. The third kappa shape index (κ3) is 5.44. The van der Waals surface area contributed by atoms with E-state index in [1.165, 1.54) is 24.3 Å². The zero-order valence-electron chi connectivity index (χ0n) is 13.6. The molecule has 0 aliphatic carbocycles. The highest BCUT2D eigenvalue weighted by Gasteiger charge is 2.14. The second-order valence-electron chi connectivity index (χ2n) is 5.38. The zero-order chi connectivity index (χ0) is 19.3. The van der Waals surface area contributed by atoms with Crippen LogP contribution in [0.5, 0.6) is 0 Å². The van der Waals surface area contributed by atoms with Crippen molar-refractivity contribution in [1.82, 2.24) is 0 Å². The molecule has 0 radical (unpaired) electrons. The monoisotopic (exact) mass is 396 g/mol. The number of nitro groups is 1. The van der Waals surface area contributed by atoms with Gasteiger partial charge in [-0.3, -0.25) is 19.7 Å². The molecule has 2 aromatic carbocycles. The van der Waals surface area contributed by atoms with Crippen LogP contribution in [0.25, 0.3) is 0 Å². The summed E-state index contributed by atoms with van der Waals surface area (Å²) in [5.74, 6) is -1.25. The molecule has 0 spiro atoms. The summed E-state index contributed by atoms with van der Waals surface area (Å²) < 4.78 is 4.89. The van der Waals surface area contributed by atoms with E-state index in [1.54, 1.807) is 19.1 Å². The number of hydrogen-bond donors (Lipinski definition) is 1. The molecule has 0 aliphatic rings. The summed E-state index contributed by atoms with van der Waals surface area (Å²) in [4.78, 5) is 34.0. The predicted molar refractivity (Wildman–Crippen MR) is 97.6 cm³/mol. The number of halogens is 2. The smallest absolute Gasteiger partial charge is 0.310 e. The molecule has 0 aliphatic heterocycles. The predicted octanol–water partition coefficient (Wildman–Crippen LogP) is 3.93. The minimum atomic E-state index is -0.640. The Kier molecular flexibility index (Phi) is 6.54. The molecular formula is C17H14Cl2N2O5. The number of nitrogens with one attached hydrogen (secondary N) is 1. The number of anilines is 1. The Morgan fingerprint density at radius 3 is 2.58 bits per heavy atom. The van der Waals surface area contributed by atoms with Crippen molar-refractivity contribution in [2.24, 2.45) is 0 Å². The van der Waals surface area contributed by atoms with Crippen LogP contribution in [0.15, 0.2) is 36.4 Å². The fourth-order valence-electron chi connectivity index (χ4n) is 2.10. The lowest BCUT2D eigenvalue weighted by molar-refractivity contribution is -0.385. The van der Waals surface area contributed by atoms with Crippen molar-refractivity contribution < 1.29 is 19.2 Å². The van der Waals surface area contributed by atoms with Gasteiger partial charge in [0.1, 0.15) is 0 Å². The van der Waals surface area contributed by atoms with Crippen molar-refractivity contribution >= 4 is 46.5 Å². The Bertz CT molecular complexity index is 870. The SMILES string of the molecule is Cc1ccc(NC(=O)COC(=O)Cc2ccc(Cl)cc2Cl)cc1[N+](=O)[O-]. The van der Waals surface area contributed by atoms with E-state index < -0.39 is 23.4 Å². The van der Waals surface area contributed by atoms with Crippen molar-refractivity contribution in [1.29, 1.82) is 0 Å². The van der Waals surface area contributed by atoms with Gasteiger partial charge in [0.25, 0.3) is 11.6 Å². The maximum atomic E-state index is 11.8. The standard InChI is InChI=1S/C17H14Cl2N2O5/c1-10-2-5-13(8-15(10)21(24)25)20-16(22)9-26-17(23)6-11-3-4-12(18)7-14(11)19/h2-5,7-8H,6,9H2,1H3,(H,20,22). The molecule has 7 nitrogen and oxygen atoms in total. The Hall–Kier alpha value is -2.64. The molecule has 0 saturated carbocycles. The molecule has 1 amide bonds. The van der Waals surface area contributed by atoms with E-state index in [0.29, 0.717) is 21.2 Å². The highest BCUT2D eigenvalue weighted by Crippen LogP contribution is 2.23. The van der Waals surface area contributed by atoms with E-state index in [9.17, 15) is 19.7 Å². The van der Waals surface area contributed by atoms with Crippen molar-refractivity contribution in [3.05, 3.63) is 67.7 Å². The normalized spacial score (nSPS) is 10.3. The van der Waals surface area contributed by atoms with E-state index in [2.05, 4.69) is 5.32 Å². The number of hydrogen-bond acceptors (Lipinski definition) is 5. The Morgan fingerprint density at radius 1 is 1.19 bits per heavy atom. The van der Waals surface area contributed by atoms with Gasteiger partial charge in [0.15, 0.2) is 6.61 Å². The Balaban J connectivity index is 1.89. The number of carbonyl (C=O) groups excluding carboxylic acids is 2. The van der Waals surface area contributed by atoms with E-state index >= 15 is 0 Å². The van der Waals surface area contributed by atoms with Crippen molar-refractivity contribution in [3.8, 4) is 0 Å². The van der Waals surface area contributed by atoms with Gasteiger partial charge >= 0.3 is 5.97 Å². The number of aryl methyl sites for hydroxylation is 1. The first-order valence-corrected chi connectivity index (χ1v) is 8.16. The van der Waals surface area contributed by atoms with E-state index in [-0.39, 0.29) is 17.8 Å². The molecule has 26 heavy (non-hydrogen) atoms. The molecular weight excluding hydrogens is 383 g/mol. The summed E-state index contributed by atoms with van der Waals surface area (Å²) in [5.41, 5.74) is 1.12. The topological polar surface area (TPSA) is 98.5 Å². The number of rotatable bonds is 6.